The highest BCUT2D eigenvalue weighted by Crippen LogP contribution is 2.26. The number of benzene rings is 1. The normalized spacial score (nSPS) is 16.2. The SMILES string of the molecule is Cc1ccc(C(CNC(=O)Cc2ccc(Br)cc2)N2CCCC2)o1. The van der Waals surface area contributed by atoms with Crippen LogP contribution in [0.1, 0.15) is 36.0 Å². The minimum atomic E-state index is 0.0461. The third-order valence-electron chi connectivity index (χ3n) is 4.44. The molecule has 0 radical (unpaired) electrons. The zero-order valence-corrected chi connectivity index (χ0v) is 15.5. The van der Waals surface area contributed by atoms with Gasteiger partial charge in [0.15, 0.2) is 0 Å². The van der Waals surface area contributed by atoms with Gasteiger partial charge in [0, 0.05) is 11.0 Å². The average molecular weight is 391 g/mol. The van der Waals surface area contributed by atoms with Crippen molar-refractivity contribution in [1.29, 1.82) is 0 Å². The van der Waals surface area contributed by atoms with Gasteiger partial charge in [0.1, 0.15) is 11.5 Å². The number of carbonyl (C=O) groups is 1. The molecule has 0 aliphatic carbocycles. The molecule has 24 heavy (non-hydrogen) atoms. The van der Waals surface area contributed by atoms with Crippen molar-refractivity contribution in [2.75, 3.05) is 19.6 Å². The smallest absolute Gasteiger partial charge is 0.224 e. The van der Waals surface area contributed by atoms with Crippen molar-refractivity contribution in [3.63, 3.8) is 0 Å². The summed E-state index contributed by atoms with van der Waals surface area (Å²) in [5, 5.41) is 3.08. The Hall–Kier alpha value is -1.59. The standard InChI is InChI=1S/C19H23BrN2O2/c1-14-4-9-18(24-14)17(22-10-2-3-11-22)13-21-19(23)12-15-5-7-16(20)8-6-15/h4-9,17H,2-3,10-13H2,1H3,(H,21,23). The van der Waals surface area contributed by atoms with Gasteiger partial charge in [0.25, 0.3) is 0 Å². The predicted molar refractivity (Wildman–Crippen MR) is 97.8 cm³/mol. The maximum absolute atomic E-state index is 12.3. The predicted octanol–water partition coefficient (Wildman–Crippen LogP) is 3.85. The molecule has 3 rings (SSSR count). The third kappa shape index (κ3) is 4.48. The van der Waals surface area contributed by atoms with Crippen molar-refractivity contribution in [3.8, 4) is 0 Å². The van der Waals surface area contributed by atoms with Crippen LogP contribution in [0.2, 0.25) is 0 Å². The second kappa shape index (κ2) is 7.99. The first-order valence-corrected chi connectivity index (χ1v) is 9.22. The zero-order valence-electron chi connectivity index (χ0n) is 13.9. The molecule has 1 aromatic heterocycles. The molecular formula is C19H23BrN2O2. The number of rotatable bonds is 6. The molecule has 5 heteroatoms. The molecule has 1 saturated heterocycles. The molecule has 1 aliphatic rings. The zero-order chi connectivity index (χ0) is 16.9. The summed E-state index contributed by atoms with van der Waals surface area (Å²) < 4.78 is 6.85. The highest BCUT2D eigenvalue weighted by Gasteiger charge is 2.26. The van der Waals surface area contributed by atoms with Gasteiger partial charge in [0.2, 0.25) is 5.91 Å². The van der Waals surface area contributed by atoms with Crippen LogP contribution in [0.15, 0.2) is 45.3 Å². The Kier molecular flexibility index (Phi) is 5.74. The Morgan fingerprint density at radius 2 is 1.92 bits per heavy atom. The van der Waals surface area contributed by atoms with Crippen molar-refractivity contribution in [1.82, 2.24) is 10.2 Å². The van der Waals surface area contributed by atoms with Gasteiger partial charge in [-0.3, -0.25) is 9.69 Å². The minimum Gasteiger partial charge on any atom is -0.465 e. The Morgan fingerprint density at radius 1 is 1.21 bits per heavy atom. The maximum atomic E-state index is 12.3. The summed E-state index contributed by atoms with van der Waals surface area (Å²) in [5.74, 6) is 1.90. The molecular weight excluding hydrogens is 368 g/mol. The van der Waals surface area contributed by atoms with E-state index >= 15 is 0 Å². The van der Waals surface area contributed by atoms with E-state index in [9.17, 15) is 4.79 Å². The van der Waals surface area contributed by atoms with E-state index in [-0.39, 0.29) is 11.9 Å². The van der Waals surface area contributed by atoms with E-state index in [1.807, 2.05) is 43.3 Å². The van der Waals surface area contributed by atoms with Crippen LogP contribution in [-0.4, -0.2) is 30.4 Å². The second-order valence-corrected chi connectivity index (χ2v) is 7.23. The largest absolute Gasteiger partial charge is 0.465 e. The van der Waals surface area contributed by atoms with Crippen LogP contribution in [0.25, 0.3) is 0 Å². The van der Waals surface area contributed by atoms with Gasteiger partial charge >= 0.3 is 0 Å². The summed E-state index contributed by atoms with van der Waals surface area (Å²) in [4.78, 5) is 14.7. The van der Waals surface area contributed by atoms with Gasteiger partial charge in [-0.15, -0.1) is 0 Å². The molecule has 0 saturated carbocycles. The number of halogens is 1. The number of nitrogens with zero attached hydrogens (tertiary/aromatic N) is 1. The molecule has 1 amide bonds. The van der Waals surface area contributed by atoms with Crippen LogP contribution >= 0.6 is 15.9 Å². The van der Waals surface area contributed by atoms with Gasteiger partial charge in [-0.05, 0) is 62.7 Å². The van der Waals surface area contributed by atoms with Gasteiger partial charge < -0.3 is 9.73 Å². The van der Waals surface area contributed by atoms with Crippen LogP contribution in [-0.2, 0) is 11.2 Å². The van der Waals surface area contributed by atoms with Crippen LogP contribution in [0.4, 0.5) is 0 Å². The lowest BCUT2D eigenvalue weighted by Crippen LogP contribution is -2.37. The van der Waals surface area contributed by atoms with E-state index in [0.29, 0.717) is 13.0 Å². The molecule has 4 nitrogen and oxygen atoms in total. The molecule has 0 bridgehead atoms. The molecule has 2 aromatic rings. The van der Waals surface area contributed by atoms with Crippen molar-refractivity contribution < 1.29 is 9.21 Å². The number of furan rings is 1. The fourth-order valence-electron chi connectivity index (χ4n) is 3.16. The number of likely N-dealkylation sites (tertiary alicyclic amines) is 1. The molecule has 0 spiro atoms. The number of nitrogens with one attached hydrogen (secondary N) is 1. The summed E-state index contributed by atoms with van der Waals surface area (Å²) >= 11 is 3.41. The van der Waals surface area contributed by atoms with Crippen LogP contribution < -0.4 is 5.32 Å². The van der Waals surface area contributed by atoms with Gasteiger partial charge in [0.05, 0.1) is 12.5 Å². The number of hydrogen-bond donors (Lipinski definition) is 1. The molecule has 1 unspecified atom stereocenters. The lowest BCUT2D eigenvalue weighted by molar-refractivity contribution is -0.120. The molecule has 2 heterocycles. The van der Waals surface area contributed by atoms with E-state index in [0.717, 1.165) is 34.6 Å². The van der Waals surface area contributed by atoms with Crippen molar-refractivity contribution >= 4 is 21.8 Å². The lowest BCUT2D eigenvalue weighted by atomic mass is 10.1. The first-order valence-electron chi connectivity index (χ1n) is 8.43. The average Bonchev–Trinajstić information content (AvgIpc) is 3.22. The lowest BCUT2D eigenvalue weighted by Gasteiger charge is -2.26. The summed E-state index contributed by atoms with van der Waals surface area (Å²) in [6.45, 7) is 4.67. The van der Waals surface area contributed by atoms with Crippen molar-refractivity contribution in [3.05, 3.63) is 58.0 Å². The molecule has 1 atom stereocenters. The number of carbonyl (C=O) groups excluding carboxylic acids is 1. The molecule has 1 aliphatic heterocycles. The van der Waals surface area contributed by atoms with Crippen LogP contribution in [0.5, 0.6) is 0 Å². The fourth-order valence-corrected chi connectivity index (χ4v) is 3.42. The number of aryl methyl sites for hydroxylation is 1. The molecule has 128 valence electrons. The Balaban J connectivity index is 1.60. The molecule has 1 fully saturated rings. The maximum Gasteiger partial charge on any atom is 0.224 e. The first-order chi connectivity index (χ1) is 11.6. The minimum absolute atomic E-state index is 0.0461. The Labute approximate surface area is 151 Å². The summed E-state index contributed by atoms with van der Waals surface area (Å²) in [6, 6.07) is 12.0. The summed E-state index contributed by atoms with van der Waals surface area (Å²) in [6.07, 6.45) is 2.82. The highest BCUT2D eigenvalue weighted by molar-refractivity contribution is 9.10. The van der Waals surface area contributed by atoms with E-state index in [1.165, 1.54) is 12.8 Å². The summed E-state index contributed by atoms with van der Waals surface area (Å²) in [7, 11) is 0. The van der Waals surface area contributed by atoms with Gasteiger partial charge in [-0.2, -0.15) is 0 Å². The third-order valence-corrected chi connectivity index (χ3v) is 4.97. The van der Waals surface area contributed by atoms with Crippen LogP contribution in [0, 0.1) is 6.92 Å². The topological polar surface area (TPSA) is 45.5 Å². The van der Waals surface area contributed by atoms with E-state index in [2.05, 4.69) is 26.1 Å². The molecule has 1 N–H and O–H groups in total. The van der Waals surface area contributed by atoms with Crippen molar-refractivity contribution in [2.45, 2.75) is 32.2 Å². The number of amides is 1. The second-order valence-electron chi connectivity index (χ2n) is 6.31. The van der Waals surface area contributed by atoms with E-state index < -0.39 is 0 Å². The summed E-state index contributed by atoms with van der Waals surface area (Å²) in [5.41, 5.74) is 1.02. The number of hydrogen-bond acceptors (Lipinski definition) is 3. The van der Waals surface area contributed by atoms with Crippen LogP contribution in [0.3, 0.4) is 0 Å². The quantitative estimate of drug-likeness (QED) is 0.814. The molecule has 1 aromatic carbocycles. The monoisotopic (exact) mass is 390 g/mol. The Morgan fingerprint density at radius 3 is 2.54 bits per heavy atom. The van der Waals surface area contributed by atoms with E-state index in [1.54, 1.807) is 0 Å². The fraction of sp³-hybridized carbons (Fsp3) is 0.421. The highest BCUT2D eigenvalue weighted by atomic mass is 79.9. The van der Waals surface area contributed by atoms with Crippen molar-refractivity contribution in [2.24, 2.45) is 0 Å². The van der Waals surface area contributed by atoms with E-state index in [4.69, 9.17) is 4.42 Å². The van der Waals surface area contributed by atoms with Gasteiger partial charge in [-0.1, -0.05) is 28.1 Å². The Bertz CT molecular complexity index is 675. The first kappa shape index (κ1) is 17.2. The van der Waals surface area contributed by atoms with Gasteiger partial charge in [-0.25, -0.2) is 0 Å².